The molecular formula is C15H11ClN2O. The van der Waals surface area contributed by atoms with Crippen molar-refractivity contribution in [2.75, 3.05) is 0 Å². The van der Waals surface area contributed by atoms with Crippen LogP contribution in [-0.2, 0) is 6.54 Å². The topological polar surface area (TPSA) is 52.9 Å². The zero-order valence-electron chi connectivity index (χ0n) is 10.1. The number of carbonyl (C=O) groups excluding carboxylic acids is 1. The first kappa shape index (κ1) is 13.1. The van der Waals surface area contributed by atoms with Crippen molar-refractivity contribution >= 4 is 17.5 Å². The first-order valence-corrected chi connectivity index (χ1v) is 6.10. The minimum Gasteiger partial charge on any atom is -0.348 e. The maximum atomic E-state index is 11.9. The highest BCUT2D eigenvalue weighted by molar-refractivity contribution is 6.33. The molecule has 0 atom stereocenters. The molecule has 0 aromatic heterocycles. The van der Waals surface area contributed by atoms with Gasteiger partial charge in [-0.2, -0.15) is 5.26 Å². The lowest BCUT2D eigenvalue weighted by atomic mass is 10.1. The minimum absolute atomic E-state index is 0.229. The van der Waals surface area contributed by atoms with Gasteiger partial charge in [-0.3, -0.25) is 4.79 Å². The van der Waals surface area contributed by atoms with E-state index < -0.39 is 0 Å². The number of benzene rings is 2. The molecule has 2 aromatic carbocycles. The van der Waals surface area contributed by atoms with E-state index in [-0.39, 0.29) is 5.91 Å². The number of nitrogens with one attached hydrogen (secondary N) is 1. The zero-order chi connectivity index (χ0) is 13.7. The van der Waals surface area contributed by atoms with Crippen molar-refractivity contribution in [2.24, 2.45) is 0 Å². The van der Waals surface area contributed by atoms with E-state index in [1.54, 1.807) is 42.5 Å². The molecule has 0 fully saturated rings. The van der Waals surface area contributed by atoms with E-state index in [1.165, 1.54) is 0 Å². The molecule has 2 rings (SSSR count). The molecule has 0 aliphatic carbocycles. The normalized spacial score (nSPS) is 9.68. The van der Waals surface area contributed by atoms with Gasteiger partial charge in [0.1, 0.15) is 0 Å². The van der Waals surface area contributed by atoms with E-state index >= 15 is 0 Å². The molecule has 19 heavy (non-hydrogen) atoms. The molecule has 0 aliphatic rings. The Morgan fingerprint density at radius 1 is 1.21 bits per heavy atom. The van der Waals surface area contributed by atoms with Crippen LogP contribution >= 0.6 is 11.6 Å². The molecular weight excluding hydrogens is 260 g/mol. The van der Waals surface area contributed by atoms with Gasteiger partial charge in [0.05, 0.1) is 22.2 Å². The number of rotatable bonds is 3. The summed E-state index contributed by atoms with van der Waals surface area (Å²) in [5.41, 5.74) is 1.89. The fourth-order valence-corrected chi connectivity index (χ4v) is 1.90. The molecule has 0 spiro atoms. The average molecular weight is 271 g/mol. The van der Waals surface area contributed by atoms with Gasteiger partial charge in [0.25, 0.3) is 5.91 Å². The number of nitrogens with zero attached hydrogens (tertiary/aromatic N) is 1. The van der Waals surface area contributed by atoms with Crippen molar-refractivity contribution in [3.8, 4) is 6.07 Å². The third-order valence-corrected chi connectivity index (χ3v) is 2.96. The SMILES string of the molecule is N#Cc1cccc(CNC(=O)c2ccccc2Cl)c1. The van der Waals surface area contributed by atoms with Crippen LogP contribution in [-0.4, -0.2) is 5.91 Å². The number of hydrogen-bond donors (Lipinski definition) is 1. The van der Waals surface area contributed by atoms with Crippen molar-refractivity contribution < 1.29 is 4.79 Å². The Kier molecular flexibility index (Phi) is 4.17. The van der Waals surface area contributed by atoms with Crippen LogP contribution in [0.2, 0.25) is 5.02 Å². The number of amides is 1. The van der Waals surface area contributed by atoms with Crippen molar-refractivity contribution in [1.82, 2.24) is 5.32 Å². The molecule has 3 nitrogen and oxygen atoms in total. The fraction of sp³-hybridized carbons (Fsp3) is 0.0667. The Hall–Kier alpha value is -2.31. The summed E-state index contributed by atoms with van der Waals surface area (Å²) < 4.78 is 0. The van der Waals surface area contributed by atoms with Crippen LogP contribution in [0.4, 0.5) is 0 Å². The first-order chi connectivity index (χ1) is 9.20. The highest BCUT2D eigenvalue weighted by Gasteiger charge is 2.08. The van der Waals surface area contributed by atoms with Gasteiger partial charge in [-0.15, -0.1) is 0 Å². The quantitative estimate of drug-likeness (QED) is 0.931. The van der Waals surface area contributed by atoms with E-state index in [1.807, 2.05) is 6.07 Å². The van der Waals surface area contributed by atoms with E-state index in [2.05, 4.69) is 11.4 Å². The summed E-state index contributed by atoms with van der Waals surface area (Å²) in [6.07, 6.45) is 0. The number of carbonyl (C=O) groups is 1. The van der Waals surface area contributed by atoms with Crippen LogP contribution < -0.4 is 5.32 Å². The predicted molar refractivity (Wildman–Crippen MR) is 73.8 cm³/mol. The predicted octanol–water partition coefficient (Wildman–Crippen LogP) is 3.14. The maximum Gasteiger partial charge on any atom is 0.253 e. The maximum absolute atomic E-state index is 11.9. The van der Waals surface area contributed by atoms with Gasteiger partial charge in [-0.25, -0.2) is 0 Å². The molecule has 0 aliphatic heterocycles. The van der Waals surface area contributed by atoms with E-state index in [9.17, 15) is 4.79 Å². The second kappa shape index (κ2) is 6.03. The summed E-state index contributed by atoms with van der Waals surface area (Å²) in [7, 11) is 0. The van der Waals surface area contributed by atoms with Gasteiger partial charge in [-0.1, -0.05) is 35.9 Å². The minimum atomic E-state index is -0.229. The van der Waals surface area contributed by atoms with Gasteiger partial charge in [0.2, 0.25) is 0 Å². The molecule has 4 heteroatoms. The average Bonchev–Trinajstić information content (AvgIpc) is 2.45. The van der Waals surface area contributed by atoms with Crippen LogP contribution in [0.5, 0.6) is 0 Å². The lowest BCUT2D eigenvalue weighted by Gasteiger charge is -2.06. The van der Waals surface area contributed by atoms with Gasteiger partial charge >= 0.3 is 0 Å². The zero-order valence-corrected chi connectivity index (χ0v) is 10.8. The molecule has 0 saturated heterocycles. The van der Waals surface area contributed by atoms with Crippen molar-refractivity contribution in [2.45, 2.75) is 6.54 Å². The summed E-state index contributed by atoms with van der Waals surface area (Å²) >= 11 is 5.94. The lowest BCUT2D eigenvalue weighted by molar-refractivity contribution is 0.0951. The fourth-order valence-electron chi connectivity index (χ4n) is 1.67. The second-order valence-electron chi connectivity index (χ2n) is 3.97. The molecule has 0 bridgehead atoms. The molecule has 1 N–H and O–H groups in total. The summed E-state index contributed by atoms with van der Waals surface area (Å²) in [5.74, 6) is -0.229. The van der Waals surface area contributed by atoms with Crippen LogP contribution in [0.15, 0.2) is 48.5 Å². The molecule has 0 radical (unpaired) electrons. The molecule has 94 valence electrons. The van der Waals surface area contributed by atoms with Crippen molar-refractivity contribution in [3.05, 3.63) is 70.2 Å². The third-order valence-electron chi connectivity index (χ3n) is 2.63. The number of nitriles is 1. The highest BCUT2D eigenvalue weighted by Crippen LogP contribution is 2.14. The number of halogens is 1. The summed E-state index contributed by atoms with van der Waals surface area (Å²) in [6, 6.07) is 16.0. The van der Waals surface area contributed by atoms with Crippen LogP contribution in [0, 0.1) is 11.3 Å². The largest absolute Gasteiger partial charge is 0.348 e. The Labute approximate surface area is 116 Å². The Bertz CT molecular complexity index is 647. The van der Waals surface area contributed by atoms with Gasteiger partial charge in [0, 0.05) is 6.54 Å². The molecule has 0 unspecified atom stereocenters. The lowest BCUT2D eigenvalue weighted by Crippen LogP contribution is -2.23. The van der Waals surface area contributed by atoms with Crippen molar-refractivity contribution in [3.63, 3.8) is 0 Å². The van der Waals surface area contributed by atoms with Crippen LogP contribution in [0.3, 0.4) is 0 Å². The molecule has 0 saturated carbocycles. The molecule has 2 aromatic rings. The second-order valence-corrected chi connectivity index (χ2v) is 4.38. The Morgan fingerprint density at radius 2 is 2.00 bits per heavy atom. The Morgan fingerprint density at radius 3 is 2.74 bits per heavy atom. The summed E-state index contributed by atoms with van der Waals surface area (Å²) in [4.78, 5) is 11.9. The van der Waals surface area contributed by atoms with Crippen LogP contribution in [0.1, 0.15) is 21.5 Å². The first-order valence-electron chi connectivity index (χ1n) is 5.72. The Balaban J connectivity index is 2.05. The smallest absolute Gasteiger partial charge is 0.253 e. The summed E-state index contributed by atoms with van der Waals surface area (Å²) in [6.45, 7) is 0.361. The molecule has 1 amide bonds. The monoisotopic (exact) mass is 270 g/mol. The van der Waals surface area contributed by atoms with Gasteiger partial charge in [0.15, 0.2) is 0 Å². The van der Waals surface area contributed by atoms with Gasteiger partial charge < -0.3 is 5.32 Å². The highest BCUT2D eigenvalue weighted by atomic mass is 35.5. The van der Waals surface area contributed by atoms with E-state index in [4.69, 9.17) is 16.9 Å². The van der Waals surface area contributed by atoms with Crippen LogP contribution in [0.25, 0.3) is 0 Å². The molecule has 0 heterocycles. The van der Waals surface area contributed by atoms with E-state index in [0.717, 1.165) is 5.56 Å². The third kappa shape index (κ3) is 3.34. The van der Waals surface area contributed by atoms with Gasteiger partial charge in [-0.05, 0) is 29.8 Å². The number of hydrogen-bond acceptors (Lipinski definition) is 2. The van der Waals surface area contributed by atoms with Crippen molar-refractivity contribution in [1.29, 1.82) is 5.26 Å². The standard InChI is InChI=1S/C15H11ClN2O/c16-14-7-2-1-6-13(14)15(19)18-10-12-5-3-4-11(8-12)9-17/h1-8H,10H2,(H,18,19). The van der Waals surface area contributed by atoms with E-state index in [0.29, 0.717) is 22.7 Å². The summed E-state index contributed by atoms with van der Waals surface area (Å²) in [5, 5.41) is 12.0.